The molecule has 2 unspecified atom stereocenters. The molecular weight excluding hydrogens is 386 g/mol. The van der Waals surface area contributed by atoms with Gasteiger partial charge in [-0.15, -0.1) is 0 Å². The molecule has 0 radical (unpaired) electrons. The van der Waals surface area contributed by atoms with Gasteiger partial charge in [-0.3, -0.25) is 4.79 Å². The number of nitrogens with zero attached hydrogens (tertiary/aromatic N) is 4. The third-order valence-electron chi connectivity index (χ3n) is 6.65. The van der Waals surface area contributed by atoms with E-state index in [4.69, 9.17) is 0 Å². The first-order valence-electron chi connectivity index (χ1n) is 11.6. The van der Waals surface area contributed by atoms with Crippen LogP contribution in [0.1, 0.15) is 61.4 Å². The molecule has 2 atom stereocenters. The molecule has 0 saturated carbocycles. The minimum Gasteiger partial charge on any atom is -0.353 e. The van der Waals surface area contributed by atoms with Gasteiger partial charge in [-0.05, 0) is 31.2 Å². The summed E-state index contributed by atoms with van der Waals surface area (Å²) in [5, 5.41) is 3.47. The van der Waals surface area contributed by atoms with Gasteiger partial charge in [0.15, 0.2) is 0 Å². The van der Waals surface area contributed by atoms with E-state index in [1.54, 1.807) is 6.33 Å². The molecule has 1 aromatic heterocycles. The minimum atomic E-state index is -0.155. The topological polar surface area (TPSA) is 61.4 Å². The first kappa shape index (κ1) is 21.8. The molecular formula is C25H35N5O. The van der Waals surface area contributed by atoms with Gasteiger partial charge in [0.1, 0.15) is 12.1 Å². The molecule has 0 spiro atoms. The van der Waals surface area contributed by atoms with E-state index in [-0.39, 0.29) is 11.8 Å². The highest BCUT2D eigenvalue weighted by Gasteiger charge is 2.32. The summed E-state index contributed by atoms with van der Waals surface area (Å²) in [6, 6.07) is 8.74. The number of carbonyl (C=O) groups is 1. The standard InChI is InChI=1S/C25H35N5O/c1-17(2)26-15-21(20-8-5-18(3)6-9-20)25(31)30-13-11-29(12-14-30)24-23-19(4)7-10-22(23)27-16-28-24/h5-6,8-9,16-17,19,21,26H,7,10-15H2,1-4H3. The smallest absolute Gasteiger partial charge is 0.231 e. The summed E-state index contributed by atoms with van der Waals surface area (Å²) in [6.07, 6.45) is 3.90. The summed E-state index contributed by atoms with van der Waals surface area (Å²) < 4.78 is 0. The Bertz CT molecular complexity index is 903. The number of aromatic nitrogens is 2. The molecule has 1 aromatic carbocycles. The molecule has 1 saturated heterocycles. The van der Waals surface area contributed by atoms with Crippen molar-refractivity contribution in [1.29, 1.82) is 0 Å². The highest BCUT2D eigenvalue weighted by atomic mass is 16.2. The fourth-order valence-corrected chi connectivity index (χ4v) is 4.73. The molecule has 31 heavy (non-hydrogen) atoms. The third kappa shape index (κ3) is 4.74. The van der Waals surface area contributed by atoms with Crippen LogP contribution in [0.3, 0.4) is 0 Å². The van der Waals surface area contributed by atoms with E-state index < -0.39 is 0 Å². The van der Waals surface area contributed by atoms with Crippen molar-refractivity contribution >= 4 is 11.7 Å². The molecule has 0 bridgehead atoms. The Labute approximate surface area is 186 Å². The zero-order chi connectivity index (χ0) is 22.0. The number of fused-ring (bicyclic) bond motifs is 1. The van der Waals surface area contributed by atoms with Crippen LogP contribution >= 0.6 is 0 Å². The third-order valence-corrected chi connectivity index (χ3v) is 6.65. The largest absolute Gasteiger partial charge is 0.353 e. The van der Waals surface area contributed by atoms with Crippen molar-refractivity contribution in [2.24, 2.45) is 0 Å². The van der Waals surface area contributed by atoms with Crippen molar-refractivity contribution in [2.45, 2.75) is 58.4 Å². The van der Waals surface area contributed by atoms with E-state index in [1.807, 2.05) is 4.90 Å². The van der Waals surface area contributed by atoms with Gasteiger partial charge in [-0.25, -0.2) is 9.97 Å². The van der Waals surface area contributed by atoms with E-state index in [9.17, 15) is 4.79 Å². The van der Waals surface area contributed by atoms with Gasteiger partial charge in [-0.2, -0.15) is 0 Å². The van der Waals surface area contributed by atoms with Crippen LogP contribution < -0.4 is 10.2 Å². The summed E-state index contributed by atoms with van der Waals surface area (Å²) in [6.45, 7) is 12.4. The number of nitrogens with one attached hydrogen (secondary N) is 1. The summed E-state index contributed by atoms with van der Waals surface area (Å²) >= 11 is 0. The number of carbonyl (C=O) groups excluding carboxylic acids is 1. The lowest BCUT2D eigenvalue weighted by atomic mass is 9.95. The summed E-state index contributed by atoms with van der Waals surface area (Å²) in [5.74, 6) is 1.66. The van der Waals surface area contributed by atoms with Crippen molar-refractivity contribution in [2.75, 3.05) is 37.6 Å². The van der Waals surface area contributed by atoms with E-state index in [0.717, 1.165) is 50.4 Å². The molecule has 2 aromatic rings. The van der Waals surface area contributed by atoms with Crippen LogP contribution in [0.5, 0.6) is 0 Å². The lowest BCUT2D eigenvalue weighted by Crippen LogP contribution is -2.51. The summed E-state index contributed by atoms with van der Waals surface area (Å²) in [5.41, 5.74) is 4.83. The van der Waals surface area contributed by atoms with Crippen LogP contribution in [-0.4, -0.2) is 59.5 Å². The van der Waals surface area contributed by atoms with Gasteiger partial charge >= 0.3 is 0 Å². The number of hydrogen-bond donors (Lipinski definition) is 1. The summed E-state index contributed by atoms with van der Waals surface area (Å²) in [7, 11) is 0. The predicted molar refractivity (Wildman–Crippen MR) is 125 cm³/mol. The molecule has 6 heteroatoms. The number of piperazine rings is 1. The number of aryl methyl sites for hydroxylation is 2. The highest BCUT2D eigenvalue weighted by Crippen LogP contribution is 2.37. The molecule has 1 aliphatic heterocycles. The molecule has 1 fully saturated rings. The number of amides is 1. The summed E-state index contributed by atoms with van der Waals surface area (Å²) in [4.78, 5) is 27.0. The van der Waals surface area contributed by atoms with Gasteiger partial charge < -0.3 is 15.1 Å². The lowest BCUT2D eigenvalue weighted by molar-refractivity contribution is -0.133. The van der Waals surface area contributed by atoms with Crippen molar-refractivity contribution in [1.82, 2.24) is 20.2 Å². The Hall–Kier alpha value is -2.47. The van der Waals surface area contributed by atoms with Crippen molar-refractivity contribution in [3.05, 3.63) is 53.0 Å². The molecule has 4 rings (SSSR count). The molecule has 1 amide bonds. The van der Waals surface area contributed by atoms with Crippen molar-refractivity contribution in [3.63, 3.8) is 0 Å². The Morgan fingerprint density at radius 1 is 1.13 bits per heavy atom. The van der Waals surface area contributed by atoms with E-state index in [2.05, 4.69) is 72.1 Å². The fraction of sp³-hybridized carbons (Fsp3) is 0.560. The average molecular weight is 422 g/mol. The van der Waals surface area contributed by atoms with Gasteiger partial charge in [0.05, 0.1) is 5.92 Å². The van der Waals surface area contributed by atoms with Crippen LogP contribution in [-0.2, 0) is 11.2 Å². The zero-order valence-corrected chi connectivity index (χ0v) is 19.3. The number of benzene rings is 1. The Balaban J connectivity index is 1.46. The Morgan fingerprint density at radius 2 is 1.84 bits per heavy atom. The number of anilines is 1. The minimum absolute atomic E-state index is 0.155. The van der Waals surface area contributed by atoms with Gasteiger partial charge in [0.2, 0.25) is 5.91 Å². The molecule has 2 heterocycles. The second-order valence-electron chi connectivity index (χ2n) is 9.34. The van der Waals surface area contributed by atoms with Crippen LogP contribution in [0.4, 0.5) is 5.82 Å². The molecule has 6 nitrogen and oxygen atoms in total. The quantitative estimate of drug-likeness (QED) is 0.776. The molecule has 166 valence electrons. The normalized spacial score (nSPS) is 19.6. The first-order chi connectivity index (χ1) is 14.9. The zero-order valence-electron chi connectivity index (χ0n) is 19.3. The monoisotopic (exact) mass is 421 g/mol. The fourth-order valence-electron chi connectivity index (χ4n) is 4.73. The van der Waals surface area contributed by atoms with Crippen LogP contribution in [0.25, 0.3) is 0 Å². The van der Waals surface area contributed by atoms with Gasteiger partial charge in [-0.1, -0.05) is 50.6 Å². The van der Waals surface area contributed by atoms with Crippen LogP contribution in [0.2, 0.25) is 0 Å². The predicted octanol–water partition coefficient (Wildman–Crippen LogP) is 3.27. The Morgan fingerprint density at radius 3 is 2.52 bits per heavy atom. The van der Waals surface area contributed by atoms with Crippen LogP contribution in [0.15, 0.2) is 30.6 Å². The maximum absolute atomic E-state index is 13.5. The molecule has 1 aliphatic carbocycles. The van der Waals surface area contributed by atoms with E-state index in [1.165, 1.54) is 16.8 Å². The maximum Gasteiger partial charge on any atom is 0.231 e. The first-order valence-corrected chi connectivity index (χ1v) is 11.6. The average Bonchev–Trinajstić information content (AvgIpc) is 3.16. The van der Waals surface area contributed by atoms with Gasteiger partial charge in [0, 0.05) is 50.0 Å². The highest BCUT2D eigenvalue weighted by molar-refractivity contribution is 5.84. The second kappa shape index (κ2) is 9.35. The lowest BCUT2D eigenvalue weighted by Gasteiger charge is -2.38. The van der Waals surface area contributed by atoms with Gasteiger partial charge in [0.25, 0.3) is 0 Å². The second-order valence-corrected chi connectivity index (χ2v) is 9.34. The SMILES string of the molecule is Cc1ccc(C(CNC(C)C)C(=O)N2CCN(c3ncnc4c3C(C)CC4)CC2)cc1. The van der Waals surface area contributed by atoms with E-state index in [0.29, 0.717) is 18.5 Å². The molecule has 1 N–H and O–H groups in total. The van der Waals surface area contributed by atoms with Crippen LogP contribution in [0, 0.1) is 6.92 Å². The number of rotatable bonds is 6. The van der Waals surface area contributed by atoms with Crippen molar-refractivity contribution < 1.29 is 4.79 Å². The molecule has 2 aliphatic rings. The van der Waals surface area contributed by atoms with Crippen molar-refractivity contribution in [3.8, 4) is 0 Å². The van der Waals surface area contributed by atoms with E-state index >= 15 is 0 Å². The Kier molecular flexibility index (Phi) is 6.56. The maximum atomic E-state index is 13.5. The number of hydrogen-bond acceptors (Lipinski definition) is 5.